The van der Waals surface area contributed by atoms with Crippen molar-refractivity contribution in [3.05, 3.63) is 89.2 Å². The van der Waals surface area contributed by atoms with Crippen molar-refractivity contribution in [2.24, 2.45) is 10.2 Å². The fourth-order valence-electron chi connectivity index (χ4n) is 3.24. The van der Waals surface area contributed by atoms with E-state index in [-0.39, 0.29) is 23.1 Å². The highest BCUT2D eigenvalue weighted by molar-refractivity contribution is 5.94. The minimum absolute atomic E-state index is 0.0623. The van der Waals surface area contributed by atoms with E-state index < -0.39 is 0 Å². The van der Waals surface area contributed by atoms with Crippen LogP contribution in [0.4, 0.5) is 17.3 Å². The Balaban J connectivity index is 1.67. The standard InChI is InChI=1S/C22H16N6O2/c29-20-19(15-10-4-6-12-17(15)23-20)25-26-22-24-18-13-7-5-11-16(18)21(30)28(22)27-14-8-2-1-3-9-14/h1-13,23,27,29H. The Hall–Kier alpha value is -4.46. The summed E-state index contributed by atoms with van der Waals surface area (Å²) < 4.78 is 1.24. The van der Waals surface area contributed by atoms with Gasteiger partial charge in [0.2, 0.25) is 5.88 Å². The number of anilines is 1. The van der Waals surface area contributed by atoms with Crippen LogP contribution in [-0.2, 0) is 0 Å². The molecule has 0 aliphatic carbocycles. The lowest BCUT2D eigenvalue weighted by atomic mass is 10.2. The molecule has 3 aromatic carbocycles. The number of rotatable bonds is 4. The van der Waals surface area contributed by atoms with Gasteiger partial charge in [-0.3, -0.25) is 10.2 Å². The number of H-pyrrole nitrogens is 1. The molecule has 0 bridgehead atoms. The van der Waals surface area contributed by atoms with Gasteiger partial charge in [-0.05, 0) is 30.3 Å². The summed E-state index contributed by atoms with van der Waals surface area (Å²) in [5.74, 6) is -0.0436. The van der Waals surface area contributed by atoms with E-state index in [1.165, 1.54) is 4.68 Å². The quantitative estimate of drug-likeness (QED) is 0.377. The fraction of sp³-hybridized carbons (Fsp3) is 0. The highest BCUT2D eigenvalue weighted by Crippen LogP contribution is 2.35. The zero-order valence-corrected chi connectivity index (χ0v) is 15.6. The summed E-state index contributed by atoms with van der Waals surface area (Å²) in [4.78, 5) is 20.4. The molecular weight excluding hydrogens is 380 g/mol. The molecule has 8 heteroatoms. The zero-order chi connectivity index (χ0) is 20.5. The third-order valence-electron chi connectivity index (χ3n) is 4.67. The molecule has 0 amide bonds. The SMILES string of the molecule is O=c1c2ccccc2nc(N=Nc2c(O)[nH]c3ccccc23)n1Nc1ccccc1. The van der Waals surface area contributed by atoms with Crippen molar-refractivity contribution in [3.63, 3.8) is 0 Å². The first kappa shape index (κ1) is 17.6. The third kappa shape index (κ3) is 3.06. The molecule has 0 aliphatic heterocycles. The van der Waals surface area contributed by atoms with Crippen LogP contribution in [0.15, 0.2) is 93.9 Å². The van der Waals surface area contributed by atoms with Gasteiger partial charge in [0.1, 0.15) is 0 Å². The van der Waals surface area contributed by atoms with Crippen LogP contribution in [0.2, 0.25) is 0 Å². The Bertz CT molecular complexity index is 1450. The van der Waals surface area contributed by atoms with Gasteiger partial charge in [0, 0.05) is 5.39 Å². The van der Waals surface area contributed by atoms with E-state index in [0.29, 0.717) is 22.0 Å². The van der Waals surface area contributed by atoms with Gasteiger partial charge in [0.05, 0.1) is 22.1 Å². The van der Waals surface area contributed by atoms with Gasteiger partial charge in [0.25, 0.3) is 11.5 Å². The normalized spacial score (nSPS) is 11.5. The van der Waals surface area contributed by atoms with Gasteiger partial charge in [0.15, 0.2) is 5.69 Å². The average molecular weight is 396 g/mol. The molecule has 0 saturated carbocycles. The largest absolute Gasteiger partial charge is 0.493 e. The number of hydrogen-bond acceptors (Lipinski definition) is 6. The molecular formula is C22H16N6O2. The number of benzene rings is 3. The van der Waals surface area contributed by atoms with Gasteiger partial charge in [-0.1, -0.05) is 48.5 Å². The predicted octanol–water partition coefficient (Wildman–Crippen LogP) is 4.87. The molecule has 0 aliphatic rings. The van der Waals surface area contributed by atoms with E-state index in [2.05, 4.69) is 25.6 Å². The zero-order valence-electron chi connectivity index (χ0n) is 15.6. The van der Waals surface area contributed by atoms with Gasteiger partial charge in [-0.25, -0.2) is 4.98 Å². The molecule has 5 aromatic rings. The van der Waals surface area contributed by atoms with Crippen molar-refractivity contribution < 1.29 is 5.11 Å². The number of nitrogens with one attached hydrogen (secondary N) is 2. The number of fused-ring (bicyclic) bond motifs is 2. The molecule has 3 N–H and O–H groups in total. The number of para-hydroxylation sites is 3. The first-order valence-electron chi connectivity index (χ1n) is 9.26. The lowest BCUT2D eigenvalue weighted by molar-refractivity contribution is 0.459. The number of aromatic amines is 1. The summed E-state index contributed by atoms with van der Waals surface area (Å²) in [7, 11) is 0. The highest BCUT2D eigenvalue weighted by atomic mass is 16.3. The Labute approximate surface area is 170 Å². The molecule has 5 rings (SSSR count). The van der Waals surface area contributed by atoms with Gasteiger partial charge in [-0.2, -0.15) is 4.68 Å². The van der Waals surface area contributed by atoms with Crippen LogP contribution in [-0.4, -0.2) is 19.8 Å². The van der Waals surface area contributed by atoms with Crippen LogP contribution in [0.5, 0.6) is 5.88 Å². The number of aromatic hydroxyl groups is 1. The summed E-state index contributed by atoms with van der Waals surface area (Å²) in [5.41, 5.74) is 4.94. The van der Waals surface area contributed by atoms with Gasteiger partial charge < -0.3 is 10.1 Å². The molecule has 0 fully saturated rings. The van der Waals surface area contributed by atoms with Gasteiger partial charge in [-0.15, -0.1) is 10.2 Å². The number of azo groups is 1. The lowest BCUT2D eigenvalue weighted by Crippen LogP contribution is -2.27. The Kier molecular flexibility index (Phi) is 4.21. The summed E-state index contributed by atoms with van der Waals surface area (Å²) in [6.07, 6.45) is 0. The monoisotopic (exact) mass is 396 g/mol. The van der Waals surface area contributed by atoms with E-state index in [1.54, 1.807) is 24.3 Å². The fourth-order valence-corrected chi connectivity index (χ4v) is 3.24. The van der Waals surface area contributed by atoms with Crippen molar-refractivity contribution in [2.75, 3.05) is 5.43 Å². The first-order valence-corrected chi connectivity index (χ1v) is 9.26. The smallest absolute Gasteiger partial charge is 0.281 e. The maximum Gasteiger partial charge on any atom is 0.281 e. The van der Waals surface area contributed by atoms with E-state index in [0.717, 1.165) is 5.52 Å². The molecule has 0 radical (unpaired) electrons. The second-order valence-electron chi connectivity index (χ2n) is 6.62. The molecule has 30 heavy (non-hydrogen) atoms. The molecule has 2 heterocycles. The topological polar surface area (TPSA) is 108 Å². The second-order valence-corrected chi connectivity index (χ2v) is 6.62. The van der Waals surface area contributed by atoms with Crippen LogP contribution in [0.3, 0.4) is 0 Å². The third-order valence-corrected chi connectivity index (χ3v) is 4.67. The summed E-state index contributed by atoms with van der Waals surface area (Å²) in [5, 5.41) is 19.8. The minimum atomic E-state index is -0.304. The Morgan fingerprint density at radius 2 is 1.57 bits per heavy atom. The van der Waals surface area contributed by atoms with E-state index in [1.807, 2.05) is 54.6 Å². The van der Waals surface area contributed by atoms with Crippen LogP contribution in [0.1, 0.15) is 0 Å². The Morgan fingerprint density at radius 1 is 0.867 bits per heavy atom. The molecule has 8 nitrogen and oxygen atoms in total. The predicted molar refractivity (Wildman–Crippen MR) is 116 cm³/mol. The van der Waals surface area contributed by atoms with Crippen LogP contribution in [0, 0.1) is 0 Å². The molecule has 0 unspecified atom stereocenters. The van der Waals surface area contributed by atoms with Crippen molar-refractivity contribution in [2.45, 2.75) is 0 Å². The van der Waals surface area contributed by atoms with Crippen molar-refractivity contribution in [1.29, 1.82) is 0 Å². The summed E-state index contributed by atoms with van der Waals surface area (Å²) in [6, 6.07) is 23.6. The number of nitrogens with zero attached hydrogens (tertiary/aromatic N) is 4. The molecule has 146 valence electrons. The average Bonchev–Trinajstić information content (AvgIpc) is 3.10. The molecule has 0 atom stereocenters. The first-order chi connectivity index (χ1) is 14.7. The maximum atomic E-state index is 13.1. The lowest BCUT2D eigenvalue weighted by Gasteiger charge is -2.12. The Morgan fingerprint density at radius 3 is 2.40 bits per heavy atom. The van der Waals surface area contributed by atoms with Gasteiger partial charge >= 0.3 is 0 Å². The molecule has 0 saturated heterocycles. The molecule has 2 aromatic heterocycles. The van der Waals surface area contributed by atoms with E-state index >= 15 is 0 Å². The minimum Gasteiger partial charge on any atom is -0.493 e. The maximum absolute atomic E-state index is 13.1. The second kappa shape index (κ2) is 7.17. The van der Waals surface area contributed by atoms with Crippen molar-refractivity contribution in [1.82, 2.24) is 14.6 Å². The van der Waals surface area contributed by atoms with E-state index in [4.69, 9.17) is 0 Å². The summed E-state index contributed by atoms with van der Waals surface area (Å²) >= 11 is 0. The van der Waals surface area contributed by atoms with E-state index in [9.17, 15) is 9.90 Å². The van der Waals surface area contributed by atoms with Crippen molar-refractivity contribution in [3.8, 4) is 5.88 Å². The molecule has 0 spiro atoms. The van der Waals surface area contributed by atoms with Crippen LogP contribution >= 0.6 is 0 Å². The van der Waals surface area contributed by atoms with Crippen LogP contribution in [0.25, 0.3) is 21.8 Å². The number of aromatic nitrogens is 3. The number of hydrogen-bond donors (Lipinski definition) is 3. The summed E-state index contributed by atoms with van der Waals surface area (Å²) in [6.45, 7) is 0. The highest BCUT2D eigenvalue weighted by Gasteiger charge is 2.13. The van der Waals surface area contributed by atoms with Crippen LogP contribution < -0.4 is 11.0 Å². The van der Waals surface area contributed by atoms with Crippen molar-refractivity contribution >= 4 is 39.1 Å².